The first kappa shape index (κ1) is 12.3. The molecule has 1 aliphatic heterocycles. The van der Waals surface area contributed by atoms with E-state index in [1.807, 2.05) is 0 Å². The maximum Gasteiger partial charge on any atom is 0.187 e. The van der Waals surface area contributed by atoms with Gasteiger partial charge in [0.25, 0.3) is 0 Å². The highest BCUT2D eigenvalue weighted by atomic mass is 32.1. The summed E-state index contributed by atoms with van der Waals surface area (Å²) in [7, 11) is 0. The molecule has 2 heterocycles. The van der Waals surface area contributed by atoms with Crippen LogP contribution in [0, 0.1) is 11.3 Å². The molecule has 5 heteroatoms. The Bertz CT molecular complexity index is 436. The molecule has 0 radical (unpaired) electrons. The molecule has 17 heavy (non-hydrogen) atoms. The fraction of sp³-hybridized carbons (Fsp3) is 0.667. The van der Waals surface area contributed by atoms with Crippen LogP contribution in [0.3, 0.4) is 0 Å². The Balaban J connectivity index is 2.31. The van der Waals surface area contributed by atoms with E-state index in [9.17, 15) is 5.26 Å². The number of ether oxygens (including phenoxy) is 1. The SMILES string of the molecule is CC(C)(C)c1nc(N2CCOCC2)sc1C#N. The molecule has 0 saturated carbocycles. The van der Waals surface area contributed by atoms with Gasteiger partial charge in [-0.25, -0.2) is 4.98 Å². The average Bonchev–Trinajstić information content (AvgIpc) is 2.74. The van der Waals surface area contributed by atoms with Crippen molar-refractivity contribution < 1.29 is 4.74 Å². The molecule has 0 aliphatic carbocycles. The lowest BCUT2D eigenvalue weighted by molar-refractivity contribution is 0.122. The van der Waals surface area contributed by atoms with Gasteiger partial charge >= 0.3 is 0 Å². The molecule has 0 unspecified atom stereocenters. The van der Waals surface area contributed by atoms with Crippen LogP contribution in [-0.4, -0.2) is 31.3 Å². The lowest BCUT2D eigenvalue weighted by Crippen LogP contribution is -2.36. The van der Waals surface area contributed by atoms with Gasteiger partial charge in [0.1, 0.15) is 10.9 Å². The smallest absolute Gasteiger partial charge is 0.187 e. The Morgan fingerprint density at radius 1 is 1.35 bits per heavy atom. The van der Waals surface area contributed by atoms with Crippen molar-refractivity contribution in [1.29, 1.82) is 5.26 Å². The first-order valence-corrected chi connectivity index (χ1v) is 6.58. The Morgan fingerprint density at radius 3 is 2.47 bits per heavy atom. The molecular formula is C12H17N3OS. The number of aromatic nitrogens is 1. The second-order valence-corrected chi connectivity index (χ2v) is 6.11. The molecule has 0 spiro atoms. The van der Waals surface area contributed by atoms with Crippen molar-refractivity contribution in [3.63, 3.8) is 0 Å². The van der Waals surface area contributed by atoms with Gasteiger partial charge < -0.3 is 9.64 Å². The molecule has 1 aliphatic rings. The van der Waals surface area contributed by atoms with E-state index in [0.29, 0.717) is 0 Å². The number of nitrogens with zero attached hydrogens (tertiary/aromatic N) is 3. The van der Waals surface area contributed by atoms with Gasteiger partial charge in [-0.1, -0.05) is 32.1 Å². The van der Waals surface area contributed by atoms with Crippen LogP contribution in [0.25, 0.3) is 0 Å². The monoisotopic (exact) mass is 251 g/mol. The average molecular weight is 251 g/mol. The van der Waals surface area contributed by atoms with Crippen LogP contribution in [0.15, 0.2) is 0 Å². The van der Waals surface area contributed by atoms with Crippen LogP contribution in [0.2, 0.25) is 0 Å². The summed E-state index contributed by atoms with van der Waals surface area (Å²) in [5.41, 5.74) is 0.832. The van der Waals surface area contributed by atoms with Crippen molar-refractivity contribution in [3.05, 3.63) is 10.6 Å². The lowest BCUT2D eigenvalue weighted by atomic mass is 9.91. The highest BCUT2D eigenvalue weighted by Crippen LogP contribution is 2.33. The molecule has 0 aromatic carbocycles. The summed E-state index contributed by atoms with van der Waals surface area (Å²) in [6.45, 7) is 9.48. The van der Waals surface area contributed by atoms with Crippen molar-refractivity contribution in [1.82, 2.24) is 4.98 Å². The molecule has 92 valence electrons. The molecule has 0 atom stereocenters. The van der Waals surface area contributed by atoms with Gasteiger partial charge in [-0.05, 0) is 0 Å². The van der Waals surface area contributed by atoms with Gasteiger partial charge in [0.05, 0.1) is 18.9 Å². The van der Waals surface area contributed by atoms with E-state index in [1.165, 1.54) is 11.3 Å². The zero-order valence-electron chi connectivity index (χ0n) is 10.5. The van der Waals surface area contributed by atoms with Crippen LogP contribution in [-0.2, 0) is 10.2 Å². The van der Waals surface area contributed by atoms with Crippen LogP contribution in [0.4, 0.5) is 5.13 Å². The number of morpholine rings is 1. The zero-order chi connectivity index (χ0) is 12.5. The van der Waals surface area contributed by atoms with Crippen LogP contribution in [0.1, 0.15) is 31.3 Å². The summed E-state index contributed by atoms with van der Waals surface area (Å²) in [6.07, 6.45) is 0. The summed E-state index contributed by atoms with van der Waals surface area (Å²) in [5, 5.41) is 10.1. The number of hydrogen-bond donors (Lipinski definition) is 0. The van der Waals surface area contributed by atoms with Crippen molar-refractivity contribution in [3.8, 4) is 6.07 Å². The first-order valence-electron chi connectivity index (χ1n) is 5.76. The third-order valence-electron chi connectivity index (χ3n) is 2.71. The van der Waals surface area contributed by atoms with E-state index in [1.54, 1.807) is 0 Å². The van der Waals surface area contributed by atoms with E-state index in [-0.39, 0.29) is 5.41 Å². The van der Waals surface area contributed by atoms with Gasteiger partial charge in [0.2, 0.25) is 0 Å². The third-order valence-corrected chi connectivity index (χ3v) is 3.73. The summed E-state index contributed by atoms with van der Waals surface area (Å²) < 4.78 is 5.32. The molecule has 1 aromatic heterocycles. The van der Waals surface area contributed by atoms with E-state index in [2.05, 4.69) is 36.7 Å². The normalized spacial score (nSPS) is 16.9. The molecular weight excluding hydrogens is 234 g/mol. The predicted octanol–water partition coefficient (Wildman–Crippen LogP) is 2.15. The molecule has 0 N–H and O–H groups in total. The van der Waals surface area contributed by atoms with Crippen molar-refractivity contribution in [2.45, 2.75) is 26.2 Å². The lowest BCUT2D eigenvalue weighted by Gasteiger charge is -2.26. The minimum absolute atomic E-state index is 0.0773. The van der Waals surface area contributed by atoms with Crippen LogP contribution >= 0.6 is 11.3 Å². The van der Waals surface area contributed by atoms with Gasteiger partial charge in [-0.3, -0.25) is 0 Å². The molecule has 1 fully saturated rings. The highest BCUT2D eigenvalue weighted by Gasteiger charge is 2.25. The summed E-state index contributed by atoms with van der Waals surface area (Å²) in [4.78, 5) is 7.58. The van der Waals surface area contributed by atoms with Gasteiger partial charge in [0, 0.05) is 18.5 Å². The molecule has 0 amide bonds. The Kier molecular flexibility index (Phi) is 3.36. The minimum Gasteiger partial charge on any atom is -0.378 e. The fourth-order valence-corrected chi connectivity index (χ4v) is 2.91. The van der Waals surface area contributed by atoms with E-state index >= 15 is 0 Å². The third kappa shape index (κ3) is 2.59. The van der Waals surface area contributed by atoms with E-state index in [4.69, 9.17) is 4.74 Å². The van der Waals surface area contributed by atoms with Crippen LogP contribution in [0.5, 0.6) is 0 Å². The Hall–Kier alpha value is -1.12. The molecule has 2 rings (SSSR count). The summed E-state index contributed by atoms with van der Waals surface area (Å²) in [5.74, 6) is 0. The molecule has 1 aromatic rings. The van der Waals surface area contributed by atoms with Gasteiger partial charge in [0.15, 0.2) is 5.13 Å². The maximum absolute atomic E-state index is 9.17. The quantitative estimate of drug-likeness (QED) is 0.767. The Morgan fingerprint density at radius 2 is 2.00 bits per heavy atom. The van der Waals surface area contributed by atoms with E-state index in [0.717, 1.165) is 42.0 Å². The van der Waals surface area contributed by atoms with Crippen molar-refractivity contribution >= 4 is 16.5 Å². The van der Waals surface area contributed by atoms with Gasteiger partial charge in [-0.15, -0.1) is 0 Å². The number of anilines is 1. The zero-order valence-corrected chi connectivity index (χ0v) is 11.3. The summed E-state index contributed by atoms with van der Waals surface area (Å²) in [6, 6.07) is 2.26. The van der Waals surface area contributed by atoms with Gasteiger partial charge in [-0.2, -0.15) is 5.26 Å². The Labute approximate surface area is 106 Å². The fourth-order valence-electron chi connectivity index (χ4n) is 1.78. The number of nitriles is 1. The van der Waals surface area contributed by atoms with Crippen LogP contribution < -0.4 is 4.90 Å². The standard InChI is InChI=1S/C12H17N3OS/c1-12(2,3)10-9(8-13)17-11(14-10)15-4-6-16-7-5-15/h4-7H2,1-3H3. The highest BCUT2D eigenvalue weighted by molar-refractivity contribution is 7.16. The second-order valence-electron chi connectivity index (χ2n) is 5.14. The number of rotatable bonds is 1. The molecule has 0 bridgehead atoms. The maximum atomic E-state index is 9.17. The second kappa shape index (κ2) is 4.63. The summed E-state index contributed by atoms with van der Waals surface area (Å²) >= 11 is 1.49. The number of hydrogen-bond acceptors (Lipinski definition) is 5. The topological polar surface area (TPSA) is 49.2 Å². The number of thiazole rings is 1. The predicted molar refractivity (Wildman–Crippen MR) is 68.6 cm³/mol. The first-order chi connectivity index (χ1) is 8.02. The van der Waals surface area contributed by atoms with E-state index < -0.39 is 0 Å². The largest absolute Gasteiger partial charge is 0.378 e. The van der Waals surface area contributed by atoms with Crippen molar-refractivity contribution in [2.75, 3.05) is 31.2 Å². The molecule has 1 saturated heterocycles. The molecule has 4 nitrogen and oxygen atoms in total. The minimum atomic E-state index is -0.0773. The van der Waals surface area contributed by atoms with Crippen molar-refractivity contribution in [2.24, 2.45) is 0 Å².